The first-order chi connectivity index (χ1) is 16.1. The highest BCUT2D eigenvalue weighted by Gasteiger charge is 2.43. The molecule has 2 aromatic carbocycles. The number of halogens is 1. The van der Waals surface area contributed by atoms with Crippen molar-refractivity contribution in [1.82, 2.24) is 10.3 Å². The number of nitrogens with zero attached hydrogens (tertiary/aromatic N) is 2. The van der Waals surface area contributed by atoms with Gasteiger partial charge < -0.3 is 19.4 Å². The molecule has 166 valence electrons. The molecule has 5 nitrogen and oxygen atoms in total. The van der Waals surface area contributed by atoms with Gasteiger partial charge in [-0.15, -0.1) is 0 Å². The Morgan fingerprint density at radius 2 is 1.82 bits per heavy atom. The molecule has 0 saturated carbocycles. The van der Waals surface area contributed by atoms with E-state index in [1.165, 1.54) is 0 Å². The summed E-state index contributed by atoms with van der Waals surface area (Å²) in [5.41, 5.74) is 1.75. The van der Waals surface area contributed by atoms with E-state index in [4.69, 9.17) is 33.0 Å². The van der Waals surface area contributed by atoms with Crippen LogP contribution in [0.5, 0.6) is 5.75 Å². The van der Waals surface area contributed by atoms with Crippen molar-refractivity contribution in [3.63, 3.8) is 0 Å². The van der Waals surface area contributed by atoms with E-state index in [9.17, 15) is 0 Å². The van der Waals surface area contributed by atoms with Crippen LogP contribution in [0.15, 0.2) is 99.5 Å². The van der Waals surface area contributed by atoms with Crippen molar-refractivity contribution >= 4 is 46.4 Å². The zero-order chi connectivity index (χ0) is 22.8. The minimum absolute atomic E-state index is 0.192. The maximum absolute atomic E-state index is 6.35. The van der Waals surface area contributed by atoms with E-state index in [-0.39, 0.29) is 12.1 Å². The van der Waals surface area contributed by atoms with E-state index in [2.05, 4.69) is 10.3 Å². The number of pyridine rings is 1. The predicted octanol–water partition coefficient (Wildman–Crippen LogP) is 6.66. The molecule has 2 unspecified atom stereocenters. The minimum Gasteiger partial charge on any atom is -0.495 e. The Hall–Kier alpha value is -3.00. The van der Waals surface area contributed by atoms with Crippen molar-refractivity contribution in [2.75, 3.05) is 12.0 Å². The molecule has 1 N–H and O–H groups in total. The number of furan rings is 1. The lowest BCUT2D eigenvalue weighted by molar-refractivity contribution is 0.380. The highest BCUT2D eigenvalue weighted by atomic mass is 35.5. The number of nitrogens with one attached hydrogen (secondary N) is 1. The third-order valence-electron chi connectivity index (χ3n) is 5.37. The molecule has 1 saturated heterocycles. The van der Waals surface area contributed by atoms with E-state index in [0.29, 0.717) is 10.1 Å². The topological polar surface area (TPSA) is 50.5 Å². The van der Waals surface area contributed by atoms with Gasteiger partial charge in [-0.05, 0) is 72.9 Å². The molecule has 1 fully saturated rings. The second-order valence-corrected chi connectivity index (χ2v) is 9.28. The Morgan fingerprint density at radius 3 is 2.58 bits per heavy atom. The first-order valence-electron chi connectivity index (χ1n) is 10.3. The van der Waals surface area contributed by atoms with Gasteiger partial charge in [0.2, 0.25) is 0 Å². The van der Waals surface area contributed by atoms with Crippen molar-refractivity contribution in [1.29, 1.82) is 0 Å². The molecule has 33 heavy (non-hydrogen) atoms. The molecule has 0 amide bonds. The van der Waals surface area contributed by atoms with E-state index < -0.39 is 0 Å². The van der Waals surface area contributed by atoms with Gasteiger partial charge >= 0.3 is 0 Å². The number of thiocarbonyl (C=S) groups is 1. The van der Waals surface area contributed by atoms with E-state index in [1.807, 2.05) is 83.8 Å². The van der Waals surface area contributed by atoms with Crippen LogP contribution in [0.2, 0.25) is 5.02 Å². The summed E-state index contributed by atoms with van der Waals surface area (Å²) in [5.74, 6) is 1.51. The fraction of sp³-hybridized carbons (Fsp3) is 0.120. The number of hydrogen-bond donors (Lipinski definition) is 1. The molecule has 5 rings (SSSR count). The molecule has 0 aliphatic carbocycles. The summed E-state index contributed by atoms with van der Waals surface area (Å²) in [6, 6.07) is 24.9. The zero-order valence-electron chi connectivity index (χ0n) is 17.6. The van der Waals surface area contributed by atoms with Crippen LogP contribution >= 0.6 is 35.6 Å². The fourth-order valence-corrected chi connectivity index (χ4v) is 5.14. The standard InChI is InChI=1S/C25H20ClN3O2S2/c1-30-20-8-3-2-7-19(20)29-24(23(28-25(29)32)18-6-4-5-15-27-18)21-13-14-22(31-21)33-17-11-9-16(26)10-12-17/h2-15,23-24H,1H3,(H,28,32). The Morgan fingerprint density at radius 1 is 1.03 bits per heavy atom. The summed E-state index contributed by atoms with van der Waals surface area (Å²) < 4.78 is 12.0. The first kappa shape index (κ1) is 21.8. The van der Waals surface area contributed by atoms with E-state index in [0.717, 1.165) is 32.9 Å². The molecule has 1 aliphatic rings. The molecule has 1 aliphatic heterocycles. The normalized spacial score (nSPS) is 17.8. The Balaban J connectivity index is 1.55. The average Bonchev–Trinajstić information content (AvgIpc) is 3.45. The summed E-state index contributed by atoms with van der Waals surface area (Å²) in [4.78, 5) is 7.67. The summed E-state index contributed by atoms with van der Waals surface area (Å²) in [7, 11) is 1.66. The fourth-order valence-electron chi connectivity index (χ4n) is 3.90. The van der Waals surface area contributed by atoms with Gasteiger partial charge in [0.05, 0.1) is 24.5 Å². The lowest BCUT2D eigenvalue weighted by Crippen LogP contribution is -2.29. The number of rotatable bonds is 6. The number of hydrogen-bond acceptors (Lipinski definition) is 5. The van der Waals surface area contributed by atoms with Crippen LogP contribution in [0.4, 0.5) is 5.69 Å². The molecule has 0 radical (unpaired) electrons. The molecule has 4 aromatic rings. The Bertz CT molecular complexity index is 1260. The van der Waals surface area contributed by atoms with Crippen molar-refractivity contribution in [3.05, 3.63) is 102 Å². The van der Waals surface area contributed by atoms with Gasteiger partial charge in [-0.25, -0.2) is 0 Å². The summed E-state index contributed by atoms with van der Waals surface area (Å²) in [6.45, 7) is 0. The predicted molar refractivity (Wildman–Crippen MR) is 135 cm³/mol. The van der Waals surface area contributed by atoms with Gasteiger partial charge in [0.15, 0.2) is 10.2 Å². The number of aromatic nitrogens is 1. The van der Waals surface area contributed by atoms with Crippen molar-refractivity contribution in [2.24, 2.45) is 0 Å². The van der Waals surface area contributed by atoms with Crippen LogP contribution in [0, 0.1) is 0 Å². The maximum atomic E-state index is 6.35. The van der Waals surface area contributed by atoms with Crippen LogP contribution in [0.25, 0.3) is 0 Å². The van der Waals surface area contributed by atoms with Crippen molar-refractivity contribution in [2.45, 2.75) is 22.1 Å². The van der Waals surface area contributed by atoms with E-state index >= 15 is 0 Å². The largest absolute Gasteiger partial charge is 0.495 e. The van der Waals surface area contributed by atoms with Gasteiger partial charge in [-0.1, -0.05) is 41.6 Å². The van der Waals surface area contributed by atoms with Crippen LogP contribution in [-0.2, 0) is 0 Å². The summed E-state index contributed by atoms with van der Waals surface area (Å²) in [5, 5.41) is 5.51. The summed E-state index contributed by atoms with van der Waals surface area (Å²) in [6.07, 6.45) is 1.78. The molecule has 2 aromatic heterocycles. The first-order valence-corrected chi connectivity index (χ1v) is 11.9. The van der Waals surface area contributed by atoms with Crippen molar-refractivity contribution in [3.8, 4) is 5.75 Å². The van der Waals surface area contributed by atoms with Crippen LogP contribution in [0.3, 0.4) is 0 Å². The number of ether oxygens (including phenoxy) is 1. The van der Waals surface area contributed by atoms with Gasteiger partial charge in [0.1, 0.15) is 17.6 Å². The molecule has 3 heterocycles. The van der Waals surface area contributed by atoms with Crippen LogP contribution in [0.1, 0.15) is 23.5 Å². The molecular formula is C25H20ClN3O2S2. The molecule has 0 bridgehead atoms. The number of methoxy groups -OCH3 is 1. The SMILES string of the molecule is COc1ccccc1N1C(=S)NC(c2ccccn2)C1c1ccc(Sc2ccc(Cl)cc2)o1. The number of para-hydroxylation sites is 2. The maximum Gasteiger partial charge on any atom is 0.174 e. The Kier molecular flexibility index (Phi) is 6.26. The quantitative estimate of drug-likeness (QED) is 0.301. The molecule has 2 atom stereocenters. The second-order valence-electron chi connectivity index (χ2n) is 7.38. The third kappa shape index (κ3) is 4.44. The van der Waals surface area contributed by atoms with Gasteiger partial charge in [0, 0.05) is 16.1 Å². The zero-order valence-corrected chi connectivity index (χ0v) is 20.0. The average molecular weight is 494 g/mol. The lowest BCUT2D eigenvalue weighted by Gasteiger charge is -2.27. The highest BCUT2D eigenvalue weighted by molar-refractivity contribution is 7.99. The smallest absolute Gasteiger partial charge is 0.174 e. The number of benzene rings is 2. The minimum atomic E-state index is -0.247. The molecular weight excluding hydrogens is 474 g/mol. The van der Waals surface area contributed by atoms with Crippen LogP contribution in [-0.4, -0.2) is 17.2 Å². The van der Waals surface area contributed by atoms with Crippen molar-refractivity contribution < 1.29 is 9.15 Å². The van der Waals surface area contributed by atoms with Gasteiger partial charge in [0.25, 0.3) is 0 Å². The molecule has 8 heteroatoms. The second kappa shape index (κ2) is 9.47. The molecule has 0 spiro atoms. The Labute approximate surface area is 206 Å². The van der Waals surface area contributed by atoms with Gasteiger partial charge in [-0.2, -0.15) is 0 Å². The summed E-state index contributed by atoms with van der Waals surface area (Å²) >= 11 is 13.3. The monoisotopic (exact) mass is 493 g/mol. The van der Waals surface area contributed by atoms with Crippen LogP contribution < -0.4 is 15.0 Å². The number of anilines is 1. The third-order valence-corrected chi connectivity index (χ3v) is 6.86. The van der Waals surface area contributed by atoms with E-state index in [1.54, 1.807) is 25.1 Å². The lowest BCUT2D eigenvalue weighted by atomic mass is 10.0. The van der Waals surface area contributed by atoms with Gasteiger partial charge in [-0.3, -0.25) is 4.98 Å². The highest BCUT2D eigenvalue weighted by Crippen LogP contribution is 2.45.